The van der Waals surface area contributed by atoms with Crippen LogP contribution in [0.25, 0.3) is 32.9 Å². The van der Waals surface area contributed by atoms with Crippen LogP contribution in [0, 0.1) is 11.1 Å². The zero-order valence-electron chi connectivity index (χ0n) is 25.0. The van der Waals surface area contributed by atoms with Gasteiger partial charge in [-0.15, -0.1) is 11.3 Å². The van der Waals surface area contributed by atoms with E-state index in [1.54, 1.807) is 24.4 Å². The van der Waals surface area contributed by atoms with Gasteiger partial charge in [0.15, 0.2) is 11.9 Å². The molecule has 0 saturated carbocycles. The highest BCUT2D eigenvalue weighted by Crippen LogP contribution is 2.57. The van der Waals surface area contributed by atoms with Gasteiger partial charge in [0.2, 0.25) is 7.43 Å². The number of rotatable bonds is 10. The molecule has 236 valence electrons. The Morgan fingerprint density at radius 3 is 2.51 bits per heavy atom. The molecule has 1 aliphatic rings. The third-order valence-electron chi connectivity index (χ3n) is 7.65. The number of hydrogen-bond acceptors (Lipinski definition) is 8. The quantitative estimate of drug-likeness (QED) is 0.0996. The normalized spacial score (nSPS) is 14.9. The van der Waals surface area contributed by atoms with E-state index in [9.17, 15) is 9.96 Å². The lowest BCUT2D eigenvalue weighted by Crippen LogP contribution is -2.37. The van der Waals surface area contributed by atoms with E-state index in [2.05, 4.69) is 10.3 Å². The van der Waals surface area contributed by atoms with E-state index in [1.165, 1.54) is 11.3 Å². The van der Waals surface area contributed by atoms with Crippen molar-refractivity contribution in [2.24, 2.45) is 5.92 Å². The van der Waals surface area contributed by atoms with Crippen molar-refractivity contribution in [1.82, 2.24) is 10.3 Å². The largest absolute Gasteiger partial charge is 0.454 e. The Hall–Kier alpha value is -3.01. The predicted octanol–water partition coefficient (Wildman–Crippen LogP) is 8.73. The number of thiophene rings is 1. The summed E-state index contributed by atoms with van der Waals surface area (Å²) < 4.78 is 14.3. The van der Waals surface area contributed by atoms with Crippen LogP contribution < -0.4 is 15.3 Å². The standard InChI is InChI=1S/C32H31Cl2N4O3PS.CH4O/c1-2-40-42(35,30-10-9-24(33)16-25(30)34)38(19-21-11-14-36-15-12-21)27-18-31(43-32(27)20-39)23-7-5-22(6-8-23)29-17-26-28(41-29)4-3-13-37-26;1-2/h3-10,13,16-18,20-21,35-36H,2,11-12,14-15,19H2,1H3;2H,1H3. The van der Waals surface area contributed by atoms with Gasteiger partial charge in [-0.25, -0.2) is 0 Å². The number of carbonyl (C=O) groups excluding carboxylic acids is 1. The SMILES string of the molecule is CCOP(=N)(c1ccc(Cl)cc1Cl)N(CC1CCNCC1)c1cc(-c2ccc(-c3cc4ncccc4o3)cc2)sc1C=O.CO. The summed E-state index contributed by atoms with van der Waals surface area (Å²) in [5.41, 5.74) is 4.15. The van der Waals surface area contributed by atoms with Crippen molar-refractivity contribution >= 4 is 70.3 Å². The number of aromatic nitrogens is 1. The number of aldehydes is 1. The third-order valence-corrected chi connectivity index (χ3v) is 12.2. The molecule has 8 nitrogen and oxygen atoms in total. The van der Waals surface area contributed by atoms with Crippen LogP contribution in [0.5, 0.6) is 0 Å². The first-order valence-electron chi connectivity index (χ1n) is 14.6. The molecule has 0 amide bonds. The number of carbonyl (C=O) groups is 1. The lowest BCUT2D eigenvalue weighted by molar-refractivity contribution is 0.112. The highest BCUT2D eigenvalue weighted by molar-refractivity contribution is 7.70. The maximum absolute atomic E-state index is 12.5. The molecule has 4 heterocycles. The molecular weight excluding hydrogens is 650 g/mol. The fourth-order valence-corrected chi connectivity index (χ4v) is 9.77. The van der Waals surface area contributed by atoms with Gasteiger partial charge in [0.05, 0.1) is 27.5 Å². The van der Waals surface area contributed by atoms with Crippen molar-refractivity contribution in [3.8, 4) is 21.8 Å². The van der Waals surface area contributed by atoms with Gasteiger partial charge in [-0.3, -0.25) is 14.9 Å². The van der Waals surface area contributed by atoms with E-state index >= 15 is 0 Å². The van der Waals surface area contributed by atoms with Crippen LogP contribution in [0.3, 0.4) is 0 Å². The molecule has 1 unspecified atom stereocenters. The van der Waals surface area contributed by atoms with Gasteiger partial charge in [-0.05, 0) is 80.7 Å². The molecule has 1 fully saturated rings. The Balaban J connectivity index is 0.00000196. The minimum atomic E-state index is -3.26. The molecule has 0 radical (unpaired) electrons. The average Bonchev–Trinajstić information content (AvgIpc) is 3.70. The number of anilines is 1. The van der Waals surface area contributed by atoms with Crippen molar-refractivity contribution in [2.75, 3.05) is 38.0 Å². The van der Waals surface area contributed by atoms with Gasteiger partial charge in [-0.1, -0.05) is 47.5 Å². The number of hydrogen-bond donors (Lipinski definition) is 3. The zero-order valence-corrected chi connectivity index (χ0v) is 28.2. The first-order valence-corrected chi connectivity index (χ1v) is 17.8. The first-order chi connectivity index (χ1) is 21.9. The smallest absolute Gasteiger partial charge is 0.207 e. The minimum Gasteiger partial charge on any atom is -0.454 e. The number of fused-ring (bicyclic) bond motifs is 1. The number of aliphatic hydroxyl groups excluding tert-OH is 1. The van der Waals surface area contributed by atoms with Crippen molar-refractivity contribution in [2.45, 2.75) is 19.8 Å². The molecule has 6 rings (SSSR count). The summed E-state index contributed by atoms with van der Waals surface area (Å²) in [5, 5.41) is 21.8. The molecule has 1 aliphatic heterocycles. The Kier molecular flexibility index (Phi) is 11.2. The van der Waals surface area contributed by atoms with E-state index in [0.29, 0.717) is 45.0 Å². The Labute approximate surface area is 276 Å². The number of piperidine rings is 1. The number of benzene rings is 2. The summed E-state index contributed by atoms with van der Waals surface area (Å²) in [6, 6.07) is 21.0. The van der Waals surface area contributed by atoms with Crippen molar-refractivity contribution in [3.63, 3.8) is 0 Å². The number of aliphatic hydroxyl groups is 1. The second kappa shape index (κ2) is 15.1. The van der Waals surface area contributed by atoms with Crippen LogP contribution in [-0.2, 0) is 4.52 Å². The summed E-state index contributed by atoms with van der Waals surface area (Å²) in [6.45, 7) is 4.62. The molecule has 45 heavy (non-hydrogen) atoms. The van der Waals surface area contributed by atoms with Gasteiger partial charge in [-0.2, -0.15) is 0 Å². The number of furan rings is 1. The van der Waals surface area contributed by atoms with Crippen LogP contribution in [0.15, 0.2) is 77.3 Å². The summed E-state index contributed by atoms with van der Waals surface area (Å²) in [5.74, 6) is 1.08. The number of nitrogens with zero attached hydrogens (tertiary/aromatic N) is 2. The monoisotopic (exact) mass is 684 g/mol. The molecule has 12 heteroatoms. The van der Waals surface area contributed by atoms with Crippen LogP contribution in [0.2, 0.25) is 10.0 Å². The van der Waals surface area contributed by atoms with Crippen LogP contribution in [0.1, 0.15) is 29.4 Å². The molecule has 5 aromatic rings. The Morgan fingerprint density at radius 2 is 1.84 bits per heavy atom. The van der Waals surface area contributed by atoms with E-state index in [1.807, 2.05) is 60.1 Å². The molecular formula is C33H35Cl2N4O4PS. The van der Waals surface area contributed by atoms with Crippen molar-refractivity contribution in [3.05, 3.63) is 87.8 Å². The van der Waals surface area contributed by atoms with E-state index in [-0.39, 0.29) is 0 Å². The maximum atomic E-state index is 12.5. The Bertz CT molecular complexity index is 1770. The van der Waals surface area contributed by atoms with E-state index in [0.717, 1.165) is 72.2 Å². The number of nitrogens with one attached hydrogen (secondary N) is 2. The topological polar surface area (TPSA) is 112 Å². The van der Waals surface area contributed by atoms with Gasteiger partial charge >= 0.3 is 0 Å². The second-order valence-corrected chi connectivity index (χ2v) is 14.7. The van der Waals surface area contributed by atoms with Gasteiger partial charge in [0.1, 0.15) is 11.3 Å². The maximum Gasteiger partial charge on any atom is 0.207 e. The number of halogens is 2. The zero-order chi connectivity index (χ0) is 32.0. The average molecular weight is 686 g/mol. The molecule has 2 aromatic carbocycles. The van der Waals surface area contributed by atoms with Crippen LogP contribution in [-0.4, -0.2) is 49.7 Å². The predicted molar refractivity (Wildman–Crippen MR) is 187 cm³/mol. The van der Waals surface area contributed by atoms with Crippen LogP contribution in [0.4, 0.5) is 5.69 Å². The Morgan fingerprint density at radius 1 is 1.11 bits per heavy atom. The summed E-state index contributed by atoms with van der Waals surface area (Å²) in [6.07, 6.45) is 4.58. The highest BCUT2D eigenvalue weighted by atomic mass is 35.5. The highest BCUT2D eigenvalue weighted by Gasteiger charge is 2.36. The summed E-state index contributed by atoms with van der Waals surface area (Å²) in [7, 11) is -2.26. The van der Waals surface area contributed by atoms with Crippen molar-refractivity contribution < 1.29 is 18.8 Å². The van der Waals surface area contributed by atoms with E-state index in [4.69, 9.17) is 37.2 Å². The molecule has 0 aliphatic carbocycles. The molecule has 1 atom stereocenters. The van der Waals surface area contributed by atoms with Crippen LogP contribution >= 0.6 is 42.0 Å². The second-order valence-electron chi connectivity index (χ2n) is 10.4. The fourth-order valence-electron chi connectivity index (χ4n) is 5.49. The minimum absolute atomic E-state index is 0.325. The fraction of sp³-hybridized carbons (Fsp3) is 0.273. The molecule has 1 saturated heterocycles. The van der Waals surface area contributed by atoms with Gasteiger partial charge in [0, 0.05) is 41.4 Å². The van der Waals surface area contributed by atoms with Gasteiger partial charge < -0.3 is 24.0 Å². The molecule has 0 spiro atoms. The molecule has 0 bridgehead atoms. The van der Waals surface area contributed by atoms with Gasteiger partial charge in [0.25, 0.3) is 0 Å². The van der Waals surface area contributed by atoms with E-state index < -0.39 is 7.43 Å². The summed E-state index contributed by atoms with van der Waals surface area (Å²) in [4.78, 5) is 18.4. The lowest BCUT2D eigenvalue weighted by Gasteiger charge is -2.39. The molecule has 3 N–H and O–H groups in total. The van der Waals surface area contributed by atoms with Crippen molar-refractivity contribution in [1.29, 1.82) is 5.16 Å². The lowest BCUT2D eigenvalue weighted by atomic mass is 9.98. The number of pyridine rings is 1. The first kappa shape index (κ1) is 33.4. The summed E-state index contributed by atoms with van der Waals surface area (Å²) >= 11 is 14.4. The molecule has 3 aromatic heterocycles. The third kappa shape index (κ3) is 7.21.